The van der Waals surface area contributed by atoms with E-state index in [-0.39, 0.29) is 6.04 Å². The molecule has 5 heteroatoms. The van der Waals surface area contributed by atoms with Gasteiger partial charge in [-0.25, -0.2) is 8.78 Å². The van der Waals surface area contributed by atoms with Crippen molar-refractivity contribution in [1.82, 2.24) is 5.32 Å². The maximum Gasteiger partial charge on any atom is 0.126 e. The average molecular weight is 312 g/mol. The van der Waals surface area contributed by atoms with E-state index in [1.54, 1.807) is 18.2 Å². The van der Waals surface area contributed by atoms with Crippen molar-refractivity contribution in [1.29, 1.82) is 0 Å². The van der Waals surface area contributed by atoms with E-state index in [1.807, 2.05) is 6.92 Å². The van der Waals surface area contributed by atoms with Gasteiger partial charge >= 0.3 is 0 Å². The van der Waals surface area contributed by atoms with Gasteiger partial charge in [0.05, 0.1) is 13.2 Å². The maximum absolute atomic E-state index is 13.5. The van der Waals surface area contributed by atoms with Crippen molar-refractivity contribution >= 4 is 11.6 Å². The lowest BCUT2D eigenvalue weighted by atomic mass is 9.97. The molecule has 1 N–H and O–H groups in total. The lowest BCUT2D eigenvalue weighted by molar-refractivity contribution is 0.404. The molecule has 0 aliphatic heterocycles. The third-order valence-corrected chi connectivity index (χ3v) is 3.37. The van der Waals surface area contributed by atoms with E-state index in [0.29, 0.717) is 22.9 Å². The molecule has 0 saturated carbocycles. The smallest absolute Gasteiger partial charge is 0.126 e. The normalized spacial score (nSPS) is 12.2. The molecular formula is C16H16ClF2NO. The van der Waals surface area contributed by atoms with Gasteiger partial charge < -0.3 is 10.1 Å². The summed E-state index contributed by atoms with van der Waals surface area (Å²) in [6.07, 6.45) is 0. The number of methoxy groups -OCH3 is 1. The van der Waals surface area contributed by atoms with E-state index < -0.39 is 11.6 Å². The summed E-state index contributed by atoms with van der Waals surface area (Å²) in [6.45, 7) is 2.56. The van der Waals surface area contributed by atoms with Crippen molar-refractivity contribution in [3.8, 4) is 5.75 Å². The topological polar surface area (TPSA) is 21.3 Å². The highest BCUT2D eigenvalue weighted by Gasteiger charge is 2.19. The van der Waals surface area contributed by atoms with Gasteiger partial charge in [0.1, 0.15) is 17.4 Å². The first-order chi connectivity index (χ1) is 10.0. The van der Waals surface area contributed by atoms with Crippen LogP contribution >= 0.6 is 11.6 Å². The number of hydrogen-bond acceptors (Lipinski definition) is 2. The van der Waals surface area contributed by atoms with E-state index in [1.165, 1.54) is 19.2 Å². The molecule has 1 atom stereocenters. The molecule has 2 aromatic rings. The minimum atomic E-state index is -0.610. The fraction of sp³-hybridized carbons (Fsp3) is 0.250. The zero-order valence-electron chi connectivity index (χ0n) is 11.8. The fourth-order valence-electron chi connectivity index (χ4n) is 2.28. The number of nitrogens with one attached hydrogen (secondary N) is 1. The highest BCUT2D eigenvalue weighted by atomic mass is 35.5. The molecule has 0 saturated heterocycles. The van der Waals surface area contributed by atoms with Crippen LogP contribution < -0.4 is 10.1 Å². The van der Waals surface area contributed by atoms with E-state index in [9.17, 15) is 8.78 Å². The highest BCUT2D eigenvalue weighted by molar-refractivity contribution is 6.30. The monoisotopic (exact) mass is 311 g/mol. The molecule has 0 bridgehead atoms. The number of hydrogen-bond donors (Lipinski definition) is 1. The minimum absolute atomic E-state index is 0.382. The fourth-order valence-corrected chi connectivity index (χ4v) is 2.44. The van der Waals surface area contributed by atoms with Gasteiger partial charge in [-0.05, 0) is 36.4 Å². The average Bonchev–Trinajstić information content (AvgIpc) is 2.44. The summed E-state index contributed by atoms with van der Waals surface area (Å²) in [6, 6.07) is 8.28. The summed E-state index contributed by atoms with van der Waals surface area (Å²) >= 11 is 5.95. The molecule has 0 spiro atoms. The van der Waals surface area contributed by atoms with Crippen LogP contribution in [0.25, 0.3) is 0 Å². The Morgan fingerprint density at radius 2 is 1.81 bits per heavy atom. The Bertz CT molecular complexity index is 613. The Kier molecular flexibility index (Phi) is 5.15. The van der Waals surface area contributed by atoms with Gasteiger partial charge in [-0.2, -0.15) is 0 Å². The molecule has 2 aromatic carbocycles. The number of benzene rings is 2. The molecule has 0 aromatic heterocycles. The molecule has 0 aliphatic rings. The zero-order chi connectivity index (χ0) is 15.4. The Balaban J connectivity index is 2.52. The molecule has 0 aliphatic carbocycles. The van der Waals surface area contributed by atoms with E-state index >= 15 is 0 Å². The maximum atomic E-state index is 13.5. The second-order valence-electron chi connectivity index (χ2n) is 4.58. The first-order valence-electron chi connectivity index (χ1n) is 6.58. The van der Waals surface area contributed by atoms with Crippen molar-refractivity contribution in [3.05, 3.63) is 64.2 Å². The van der Waals surface area contributed by atoms with Crippen LogP contribution in [-0.4, -0.2) is 13.7 Å². The summed E-state index contributed by atoms with van der Waals surface area (Å²) in [5, 5.41) is 3.75. The summed E-state index contributed by atoms with van der Waals surface area (Å²) in [7, 11) is 1.53. The predicted octanol–water partition coefficient (Wildman–Crippen LogP) is 4.33. The van der Waals surface area contributed by atoms with E-state index in [0.717, 1.165) is 11.6 Å². The molecule has 21 heavy (non-hydrogen) atoms. The first kappa shape index (κ1) is 15.7. The van der Waals surface area contributed by atoms with Crippen LogP contribution in [0.4, 0.5) is 8.78 Å². The molecular weight excluding hydrogens is 296 g/mol. The number of rotatable bonds is 5. The van der Waals surface area contributed by atoms with E-state index in [2.05, 4.69) is 5.32 Å². The predicted molar refractivity (Wildman–Crippen MR) is 79.9 cm³/mol. The highest BCUT2D eigenvalue weighted by Crippen LogP contribution is 2.32. The molecule has 112 valence electrons. The van der Waals surface area contributed by atoms with Gasteiger partial charge in [0, 0.05) is 16.7 Å². The van der Waals surface area contributed by atoms with Gasteiger partial charge in [0.15, 0.2) is 0 Å². The number of ether oxygens (including phenoxy) is 1. The van der Waals surface area contributed by atoms with E-state index in [4.69, 9.17) is 16.3 Å². The minimum Gasteiger partial charge on any atom is -0.496 e. The Morgan fingerprint density at radius 3 is 2.38 bits per heavy atom. The van der Waals surface area contributed by atoms with Crippen molar-refractivity contribution in [2.24, 2.45) is 0 Å². The summed E-state index contributed by atoms with van der Waals surface area (Å²) < 4.78 is 32.3. The van der Waals surface area contributed by atoms with Crippen molar-refractivity contribution in [2.75, 3.05) is 13.7 Å². The lowest BCUT2D eigenvalue weighted by Gasteiger charge is -2.21. The van der Waals surface area contributed by atoms with Crippen LogP contribution in [0, 0.1) is 11.6 Å². The third-order valence-electron chi connectivity index (χ3n) is 3.13. The first-order valence-corrected chi connectivity index (χ1v) is 6.95. The second kappa shape index (κ2) is 6.87. The Morgan fingerprint density at radius 1 is 1.14 bits per heavy atom. The number of halogens is 3. The standard InChI is InChI=1S/C16H16ClF2NO/c1-3-20-16(10-6-12(18)9-13(19)7-10)14-5-4-11(17)8-15(14)21-2/h4-9,16,20H,3H2,1-2H3. The van der Waals surface area contributed by atoms with Gasteiger partial charge in [0.25, 0.3) is 0 Å². The lowest BCUT2D eigenvalue weighted by Crippen LogP contribution is -2.22. The Labute approximate surface area is 127 Å². The molecule has 2 nitrogen and oxygen atoms in total. The van der Waals surface area contributed by atoms with Crippen molar-refractivity contribution < 1.29 is 13.5 Å². The van der Waals surface area contributed by atoms with Gasteiger partial charge in [-0.15, -0.1) is 0 Å². The molecule has 0 fully saturated rings. The van der Waals surface area contributed by atoms with Crippen LogP contribution in [0.2, 0.25) is 5.02 Å². The molecule has 0 radical (unpaired) electrons. The zero-order valence-corrected chi connectivity index (χ0v) is 12.5. The third kappa shape index (κ3) is 3.71. The van der Waals surface area contributed by atoms with Gasteiger partial charge in [0.2, 0.25) is 0 Å². The van der Waals surface area contributed by atoms with Crippen molar-refractivity contribution in [3.63, 3.8) is 0 Å². The van der Waals surface area contributed by atoms with Crippen LogP contribution in [0.5, 0.6) is 5.75 Å². The van der Waals surface area contributed by atoms with Crippen LogP contribution in [0.1, 0.15) is 24.1 Å². The van der Waals surface area contributed by atoms with Crippen LogP contribution in [0.3, 0.4) is 0 Å². The Hall–Kier alpha value is -1.65. The second-order valence-corrected chi connectivity index (χ2v) is 5.02. The quantitative estimate of drug-likeness (QED) is 0.887. The van der Waals surface area contributed by atoms with Crippen LogP contribution in [-0.2, 0) is 0 Å². The molecule has 1 unspecified atom stereocenters. The largest absolute Gasteiger partial charge is 0.496 e. The molecule has 0 amide bonds. The van der Waals surface area contributed by atoms with Gasteiger partial charge in [-0.3, -0.25) is 0 Å². The van der Waals surface area contributed by atoms with Crippen molar-refractivity contribution in [2.45, 2.75) is 13.0 Å². The van der Waals surface area contributed by atoms with Gasteiger partial charge in [-0.1, -0.05) is 24.6 Å². The summed E-state index contributed by atoms with van der Waals surface area (Å²) in [4.78, 5) is 0. The molecule has 2 rings (SSSR count). The van der Waals surface area contributed by atoms with Crippen LogP contribution in [0.15, 0.2) is 36.4 Å². The molecule has 0 heterocycles. The summed E-state index contributed by atoms with van der Waals surface area (Å²) in [5.74, 6) is -0.653. The SMILES string of the molecule is CCNC(c1cc(F)cc(F)c1)c1ccc(Cl)cc1OC. The summed E-state index contributed by atoms with van der Waals surface area (Å²) in [5.41, 5.74) is 1.27.